The van der Waals surface area contributed by atoms with E-state index in [9.17, 15) is 14.7 Å². The molecule has 0 unspecified atom stereocenters. The Hall–Kier alpha value is -2.04. The molecule has 0 aliphatic heterocycles. The van der Waals surface area contributed by atoms with Gasteiger partial charge >= 0.3 is 6.09 Å². The molecule has 0 saturated heterocycles. The maximum absolute atomic E-state index is 11.9. The van der Waals surface area contributed by atoms with Gasteiger partial charge in [0.25, 0.3) is 0 Å². The molecule has 0 aliphatic rings. The zero-order valence-electron chi connectivity index (χ0n) is 11.6. The van der Waals surface area contributed by atoms with Crippen LogP contribution in [-0.4, -0.2) is 35.0 Å². The van der Waals surface area contributed by atoms with Crippen molar-refractivity contribution in [1.29, 1.82) is 0 Å². The van der Waals surface area contributed by atoms with Gasteiger partial charge in [-0.1, -0.05) is 12.1 Å². The molecule has 1 atom stereocenters. The predicted molar refractivity (Wildman–Crippen MR) is 70.9 cm³/mol. The molecule has 0 heterocycles. The third kappa shape index (κ3) is 4.28. The van der Waals surface area contributed by atoms with E-state index in [0.717, 1.165) is 0 Å². The summed E-state index contributed by atoms with van der Waals surface area (Å²) < 4.78 is 5.21. The fourth-order valence-electron chi connectivity index (χ4n) is 1.51. The average molecular weight is 265 g/mol. The van der Waals surface area contributed by atoms with Crippen molar-refractivity contribution >= 4 is 12.4 Å². The Morgan fingerprint density at radius 2 is 1.84 bits per heavy atom. The Bertz CT molecular complexity index is 448. The van der Waals surface area contributed by atoms with E-state index in [-0.39, 0.29) is 5.75 Å². The predicted octanol–water partition coefficient (Wildman–Crippen LogP) is 2.50. The highest BCUT2D eigenvalue weighted by Crippen LogP contribution is 2.21. The van der Waals surface area contributed by atoms with E-state index >= 15 is 0 Å². The Labute approximate surface area is 112 Å². The Kier molecular flexibility index (Phi) is 4.53. The number of aromatic hydroxyl groups is 1. The van der Waals surface area contributed by atoms with Gasteiger partial charge in [-0.05, 0) is 38.5 Å². The molecule has 1 rings (SSSR count). The van der Waals surface area contributed by atoms with Gasteiger partial charge in [0.05, 0.1) is 0 Å². The molecule has 0 radical (unpaired) electrons. The van der Waals surface area contributed by atoms with Crippen LogP contribution in [0.2, 0.25) is 0 Å². The highest BCUT2D eigenvalue weighted by atomic mass is 16.6. The molecule has 5 heteroatoms. The van der Waals surface area contributed by atoms with Crippen LogP contribution in [0.5, 0.6) is 5.75 Å². The summed E-state index contributed by atoms with van der Waals surface area (Å²) in [5.74, 6) is 0.105. The topological polar surface area (TPSA) is 66.8 Å². The van der Waals surface area contributed by atoms with E-state index in [1.54, 1.807) is 32.9 Å². The van der Waals surface area contributed by atoms with Gasteiger partial charge in [-0.15, -0.1) is 0 Å². The van der Waals surface area contributed by atoms with Crippen LogP contribution in [0.25, 0.3) is 0 Å². The number of benzene rings is 1. The Morgan fingerprint density at radius 3 is 2.26 bits per heavy atom. The summed E-state index contributed by atoms with van der Waals surface area (Å²) in [7, 11) is 1.50. The van der Waals surface area contributed by atoms with Crippen molar-refractivity contribution in [3.8, 4) is 5.75 Å². The molecule has 0 fully saturated rings. The van der Waals surface area contributed by atoms with Crippen LogP contribution in [0.3, 0.4) is 0 Å². The van der Waals surface area contributed by atoms with Gasteiger partial charge < -0.3 is 14.6 Å². The summed E-state index contributed by atoms with van der Waals surface area (Å²) in [6.45, 7) is 5.28. The van der Waals surface area contributed by atoms with E-state index in [2.05, 4.69) is 0 Å². The third-order valence-electron chi connectivity index (χ3n) is 2.46. The molecule has 0 aromatic heterocycles. The summed E-state index contributed by atoms with van der Waals surface area (Å²) in [4.78, 5) is 24.3. The van der Waals surface area contributed by atoms with Crippen LogP contribution in [-0.2, 0) is 9.53 Å². The normalized spacial score (nSPS) is 12.6. The van der Waals surface area contributed by atoms with Crippen LogP contribution in [0.15, 0.2) is 24.3 Å². The van der Waals surface area contributed by atoms with Crippen molar-refractivity contribution in [3.63, 3.8) is 0 Å². The van der Waals surface area contributed by atoms with Crippen molar-refractivity contribution < 1.29 is 19.4 Å². The first-order chi connectivity index (χ1) is 8.74. The van der Waals surface area contributed by atoms with Crippen molar-refractivity contribution in [2.45, 2.75) is 32.4 Å². The van der Waals surface area contributed by atoms with Gasteiger partial charge in [0, 0.05) is 7.05 Å². The van der Waals surface area contributed by atoms with Crippen LogP contribution in [0, 0.1) is 0 Å². The number of hydrogen-bond donors (Lipinski definition) is 1. The fraction of sp³-hybridized carbons (Fsp3) is 0.429. The SMILES string of the molecule is CN(C(=O)OC(C)(C)C)[C@H](C=O)c1ccc(O)cc1. The van der Waals surface area contributed by atoms with Crippen LogP contribution in [0.1, 0.15) is 32.4 Å². The number of rotatable bonds is 3. The minimum Gasteiger partial charge on any atom is -0.508 e. The van der Waals surface area contributed by atoms with Gasteiger partial charge in [0.1, 0.15) is 23.7 Å². The fourth-order valence-corrected chi connectivity index (χ4v) is 1.51. The number of phenolic OH excluding ortho intramolecular Hbond substituents is 1. The second kappa shape index (κ2) is 5.73. The molecule has 19 heavy (non-hydrogen) atoms. The first kappa shape index (κ1) is 15.0. The zero-order valence-corrected chi connectivity index (χ0v) is 11.6. The van der Waals surface area contributed by atoms with Crippen molar-refractivity contribution in [2.24, 2.45) is 0 Å². The lowest BCUT2D eigenvalue weighted by atomic mass is 10.1. The summed E-state index contributed by atoms with van der Waals surface area (Å²) in [5.41, 5.74) is -0.00514. The minimum absolute atomic E-state index is 0.105. The van der Waals surface area contributed by atoms with Gasteiger partial charge in [0.2, 0.25) is 0 Å². The van der Waals surface area contributed by atoms with E-state index in [0.29, 0.717) is 11.8 Å². The maximum atomic E-state index is 11.9. The standard InChI is InChI=1S/C14H19NO4/c1-14(2,3)19-13(18)15(4)12(9-16)10-5-7-11(17)8-6-10/h5-9,12,17H,1-4H3/t12-/m1/s1. The molecule has 0 spiro atoms. The molecule has 0 bridgehead atoms. The van der Waals surface area contributed by atoms with Crippen LogP contribution in [0.4, 0.5) is 4.79 Å². The number of aldehydes is 1. The van der Waals surface area contributed by atoms with Crippen molar-refractivity contribution in [2.75, 3.05) is 7.05 Å². The first-order valence-corrected chi connectivity index (χ1v) is 5.94. The first-order valence-electron chi connectivity index (χ1n) is 5.94. The number of ether oxygens (including phenoxy) is 1. The van der Waals surface area contributed by atoms with Crippen LogP contribution >= 0.6 is 0 Å². The molecule has 0 saturated carbocycles. The van der Waals surface area contributed by atoms with E-state index in [1.165, 1.54) is 24.1 Å². The van der Waals surface area contributed by atoms with E-state index in [1.807, 2.05) is 0 Å². The van der Waals surface area contributed by atoms with Gasteiger partial charge in [-0.3, -0.25) is 4.90 Å². The molecule has 0 aliphatic carbocycles. The monoisotopic (exact) mass is 265 g/mol. The molecule has 1 aromatic rings. The molecular weight excluding hydrogens is 246 g/mol. The highest BCUT2D eigenvalue weighted by molar-refractivity contribution is 5.74. The molecule has 5 nitrogen and oxygen atoms in total. The van der Waals surface area contributed by atoms with Gasteiger partial charge in [0.15, 0.2) is 0 Å². The minimum atomic E-state index is -0.740. The molecule has 104 valence electrons. The smallest absolute Gasteiger partial charge is 0.410 e. The van der Waals surface area contributed by atoms with Crippen molar-refractivity contribution in [1.82, 2.24) is 4.90 Å². The number of nitrogens with zero attached hydrogens (tertiary/aromatic N) is 1. The molecule has 1 amide bonds. The van der Waals surface area contributed by atoms with Gasteiger partial charge in [-0.25, -0.2) is 4.79 Å². The lowest BCUT2D eigenvalue weighted by Gasteiger charge is -2.28. The molecule has 1 aromatic carbocycles. The second-order valence-electron chi connectivity index (χ2n) is 5.26. The summed E-state index contributed by atoms with van der Waals surface area (Å²) in [6.07, 6.45) is 0.0914. The number of carbonyl (C=O) groups is 2. The zero-order chi connectivity index (χ0) is 14.6. The number of phenols is 1. The average Bonchev–Trinajstić information content (AvgIpc) is 2.30. The quantitative estimate of drug-likeness (QED) is 0.853. The second-order valence-corrected chi connectivity index (χ2v) is 5.26. The lowest BCUT2D eigenvalue weighted by Crippen LogP contribution is -2.37. The van der Waals surface area contributed by atoms with Crippen molar-refractivity contribution in [3.05, 3.63) is 29.8 Å². The summed E-state index contributed by atoms with van der Waals surface area (Å²) in [5, 5.41) is 9.22. The maximum Gasteiger partial charge on any atom is 0.410 e. The van der Waals surface area contributed by atoms with Crippen LogP contribution < -0.4 is 0 Å². The Balaban J connectivity index is 2.88. The summed E-state index contributed by atoms with van der Waals surface area (Å²) >= 11 is 0. The largest absolute Gasteiger partial charge is 0.508 e. The number of hydrogen-bond acceptors (Lipinski definition) is 4. The molecule has 1 N–H and O–H groups in total. The lowest BCUT2D eigenvalue weighted by molar-refractivity contribution is -0.112. The highest BCUT2D eigenvalue weighted by Gasteiger charge is 2.26. The third-order valence-corrected chi connectivity index (χ3v) is 2.46. The number of amides is 1. The Morgan fingerprint density at radius 1 is 1.32 bits per heavy atom. The molecular formula is C14H19NO4. The van der Waals surface area contributed by atoms with E-state index < -0.39 is 17.7 Å². The summed E-state index contributed by atoms with van der Waals surface area (Å²) in [6, 6.07) is 5.38. The number of carbonyl (C=O) groups excluding carboxylic acids is 2. The van der Waals surface area contributed by atoms with Gasteiger partial charge in [-0.2, -0.15) is 0 Å². The van der Waals surface area contributed by atoms with E-state index in [4.69, 9.17) is 4.74 Å². The number of likely N-dealkylation sites (N-methyl/N-ethyl adjacent to an activating group) is 1.